The summed E-state index contributed by atoms with van der Waals surface area (Å²) in [6.45, 7) is 3.52. The maximum absolute atomic E-state index is 12.4. The first-order valence-electron chi connectivity index (χ1n) is 22.6. The average Bonchev–Trinajstić information content (AvgIpc) is 3.17. The van der Waals surface area contributed by atoms with E-state index in [1.54, 1.807) is 0 Å². The molecule has 0 radical (unpaired) electrons. The molecule has 0 rings (SSSR count). The summed E-state index contributed by atoms with van der Waals surface area (Å²) in [4.78, 5) is 42.9. The molecule has 0 spiro atoms. The van der Waals surface area contributed by atoms with Crippen molar-refractivity contribution in [2.24, 2.45) is 0 Å². The number of allylic oxidation sites excluding steroid dienone is 10. The minimum absolute atomic E-state index is 0.178. The van der Waals surface area contributed by atoms with Crippen molar-refractivity contribution in [2.45, 2.75) is 213 Å². The van der Waals surface area contributed by atoms with Crippen LogP contribution in [-0.4, -0.2) is 41.0 Å². The summed E-state index contributed by atoms with van der Waals surface area (Å²) in [6.07, 6.45) is 53.9. The third-order valence-corrected chi connectivity index (χ3v) is 10.1. The summed E-state index contributed by atoms with van der Waals surface area (Å²) in [7, 11) is -4.77. The fourth-order valence-corrected chi connectivity index (χ4v) is 6.63. The first-order chi connectivity index (χ1) is 27.3. The highest BCUT2D eigenvalue weighted by Crippen LogP contribution is 2.36. The summed E-state index contributed by atoms with van der Waals surface area (Å²) in [5, 5.41) is 0. The van der Waals surface area contributed by atoms with E-state index in [0.717, 1.165) is 51.4 Å². The van der Waals surface area contributed by atoms with Crippen molar-refractivity contribution in [1.29, 1.82) is 0 Å². The van der Waals surface area contributed by atoms with Gasteiger partial charge in [0.1, 0.15) is 6.61 Å². The number of ether oxygens (including phenoxy) is 2. The van der Waals surface area contributed by atoms with E-state index in [1.807, 2.05) is 30.4 Å². The number of phosphoric acid groups is 1. The van der Waals surface area contributed by atoms with Gasteiger partial charge in [0, 0.05) is 12.8 Å². The molecular weight excluding hydrogens is 723 g/mol. The first-order valence-corrected chi connectivity index (χ1v) is 24.2. The number of esters is 2. The Bertz CT molecular complexity index is 1090. The molecule has 0 saturated carbocycles. The Hall–Kier alpha value is -2.25. The van der Waals surface area contributed by atoms with Crippen LogP contribution in [0.5, 0.6) is 0 Å². The number of carbonyl (C=O) groups is 2. The van der Waals surface area contributed by atoms with Gasteiger partial charge in [-0.1, -0.05) is 203 Å². The van der Waals surface area contributed by atoms with E-state index in [4.69, 9.17) is 19.3 Å². The van der Waals surface area contributed by atoms with Crippen LogP contribution in [0.4, 0.5) is 0 Å². The second-order valence-electron chi connectivity index (χ2n) is 15.1. The zero-order chi connectivity index (χ0) is 41.1. The van der Waals surface area contributed by atoms with E-state index in [1.165, 1.54) is 116 Å². The Morgan fingerprint density at radius 1 is 0.482 bits per heavy atom. The van der Waals surface area contributed by atoms with Gasteiger partial charge in [0.05, 0.1) is 6.61 Å². The highest BCUT2D eigenvalue weighted by molar-refractivity contribution is 7.46. The van der Waals surface area contributed by atoms with Crippen LogP contribution in [0.2, 0.25) is 0 Å². The molecule has 8 nitrogen and oxygen atoms in total. The van der Waals surface area contributed by atoms with Crippen molar-refractivity contribution in [3.8, 4) is 0 Å². The predicted molar refractivity (Wildman–Crippen MR) is 234 cm³/mol. The van der Waals surface area contributed by atoms with Crippen LogP contribution in [0.25, 0.3) is 0 Å². The van der Waals surface area contributed by atoms with Gasteiger partial charge >= 0.3 is 19.8 Å². The van der Waals surface area contributed by atoms with Gasteiger partial charge in [0.2, 0.25) is 0 Å². The van der Waals surface area contributed by atoms with Gasteiger partial charge in [-0.05, 0) is 51.4 Å². The minimum atomic E-state index is -4.77. The largest absolute Gasteiger partial charge is 0.469 e. The lowest BCUT2D eigenvalue weighted by Gasteiger charge is -2.18. The molecule has 0 aromatic heterocycles. The summed E-state index contributed by atoms with van der Waals surface area (Å²) < 4.78 is 26.4. The minimum Gasteiger partial charge on any atom is -0.462 e. The maximum atomic E-state index is 12.4. The zero-order valence-electron chi connectivity index (χ0n) is 35.8. The molecule has 1 atom stereocenters. The number of unbranched alkanes of at least 4 members (excludes halogenated alkanes) is 24. The summed E-state index contributed by atoms with van der Waals surface area (Å²) >= 11 is 0. The quantitative estimate of drug-likeness (QED) is 0.0206. The van der Waals surface area contributed by atoms with Crippen LogP contribution < -0.4 is 0 Å². The third kappa shape index (κ3) is 44.5. The molecule has 0 fully saturated rings. The highest BCUT2D eigenvalue weighted by Gasteiger charge is 2.22. The molecule has 56 heavy (non-hydrogen) atoms. The molecule has 2 N–H and O–H groups in total. The molecular formula is C47H83O8P. The lowest BCUT2D eigenvalue weighted by molar-refractivity contribution is -0.161. The van der Waals surface area contributed by atoms with E-state index < -0.39 is 32.5 Å². The van der Waals surface area contributed by atoms with Crippen molar-refractivity contribution in [3.05, 3.63) is 60.8 Å². The average molecular weight is 807 g/mol. The Kier molecular flexibility index (Phi) is 40.7. The fourth-order valence-electron chi connectivity index (χ4n) is 6.27. The van der Waals surface area contributed by atoms with Crippen LogP contribution in [0, 0.1) is 0 Å². The summed E-state index contributed by atoms with van der Waals surface area (Å²) in [5.41, 5.74) is 0. The van der Waals surface area contributed by atoms with Crippen LogP contribution in [-0.2, 0) is 28.2 Å². The SMILES string of the molecule is CC/C=C/C=C/C=C/C=C/CCCCCCCC(=O)O[C@H](COC(=O)CCC/C=C/CCCCCCCCCCCCCCCCCCCC)COP(=O)(O)O. The van der Waals surface area contributed by atoms with Crippen LogP contribution in [0.1, 0.15) is 206 Å². The molecule has 0 unspecified atom stereocenters. The zero-order valence-corrected chi connectivity index (χ0v) is 36.7. The van der Waals surface area contributed by atoms with Crippen LogP contribution >= 0.6 is 7.82 Å². The first kappa shape index (κ1) is 53.8. The standard InChI is InChI=1S/C47H83O8P/c1-3-5-7-9-11-13-15-17-19-20-21-22-23-24-25-26-28-29-31-33-35-37-39-41-46(48)53-43-45(44-54-56(50,51)52)55-47(49)42-40-38-36-34-32-30-27-18-16-14-12-10-8-6-4-2/h6,8,10,12,14,16,18,27,33,35,45H,3-5,7,9,11,13,15,17,19-26,28-32,34,36-44H2,1-2H3,(H2,50,51,52)/b8-6+,12-10+,16-14+,27-18+,35-33+/t45-/m1/s1. The van der Waals surface area contributed by atoms with Crippen molar-refractivity contribution >= 4 is 19.8 Å². The van der Waals surface area contributed by atoms with Gasteiger partial charge in [-0.15, -0.1) is 0 Å². The lowest BCUT2D eigenvalue weighted by atomic mass is 10.0. The van der Waals surface area contributed by atoms with Gasteiger partial charge < -0.3 is 19.3 Å². The fraction of sp³-hybridized carbons (Fsp3) is 0.745. The summed E-state index contributed by atoms with van der Waals surface area (Å²) in [5.74, 6) is -0.948. The molecule has 0 aliphatic heterocycles. The van der Waals surface area contributed by atoms with Gasteiger partial charge in [-0.25, -0.2) is 4.57 Å². The topological polar surface area (TPSA) is 119 Å². The lowest BCUT2D eigenvalue weighted by Crippen LogP contribution is -2.29. The molecule has 0 bridgehead atoms. The molecule has 0 aliphatic rings. The highest BCUT2D eigenvalue weighted by atomic mass is 31.2. The number of hydrogen-bond acceptors (Lipinski definition) is 6. The van der Waals surface area contributed by atoms with Crippen molar-refractivity contribution < 1.29 is 37.9 Å². The third-order valence-electron chi connectivity index (χ3n) is 9.61. The molecule has 0 aromatic rings. The Morgan fingerprint density at radius 2 is 0.893 bits per heavy atom. The summed E-state index contributed by atoms with van der Waals surface area (Å²) in [6, 6.07) is 0. The smallest absolute Gasteiger partial charge is 0.462 e. The Balaban J connectivity index is 3.89. The van der Waals surface area contributed by atoms with E-state index in [-0.39, 0.29) is 19.4 Å². The van der Waals surface area contributed by atoms with E-state index in [0.29, 0.717) is 12.8 Å². The molecule has 0 saturated heterocycles. The Labute approximate surface area is 343 Å². The van der Waals surface area contributed by atoms with E-state index >= 15 is 0 Å². The van der Waals surface area contributed by atoms with Crippen LogP contribution in [0.15, 0.2) is 60.8 Å². The second-order valence-corrected chi connectivity index (χ2v) is 16.3. The van der Waals surface area contributed by atoms with Crippen molar-refractivity contribution in [2.75, 3.05) is 13.2 Å². The molecule has 0 aliphatic carbocycles. The molecule has 0 aromatic carbocycles. The van der Waals surface area contributed by atoms with Gasteiger partial charge in [-0.3, -0.25) is 14.1 Å². The normalized spacial score (nSPS) is 13.0. The van der Waals surface area contributed by atoms with Crippen LogP contribution in [0.3, 0.4) is 0 Å². The number of carbonyl (C=O) groups excluding carboxylic acids is 2. The van der Waals surface area contributed by atoms with Gasteiger partial charge in [0.15, 0.2) is 6.10 Å². The number of hydrogen-bond donors (Lipinski definition) is 2. The molecule has 0 heterocycles. The number of phosphoric ester groups is 1. The van der Waals surface area contributed by atoms with Gasteiger partial charge in [0.25, 0.3) is 0 Å². The molecule has 9 heteroatoms. The van der Waals surface area contributed by atoms with E-state index in [9.17, 15) is 14.2 Å². The van der Waals surface area contributed by atoms with E-state index in [2.05, 4.69) is 48.8 Å². The monoisotopic (exact) mass is 807 g/mol. The second kappa shape index (κ2) is 42.4. The predicted octanol–water partition coefficient (Wildman–Crippen LogP) is 14.1. The van der Waals surface area contributed by atoms with Gasteiger partial charge in [-0.2, -0.15) is 0 Å². The van der Waals surface area contributed by atoms with Crippen molar-refractivity contribution in [3.63, 3.8) is 0 Å². The molecule has 324 valence electrons. The molecule has 0 amide bonds. The van der Waals surface area contributed by atoms with Crippen molar-refractivity contribution in [1.82, 2.24) is 0 Å². The number of rotatable bonds is 41. The maximum Gasteiger partial charge on any atom is 0.469 e. The Morgan fingerprint density at radius 3 is 1.39 bits per heavy atom.